The Morgan fingerprint density at radius 3 is 2.63 bits per heavy atom. The van der Waals surface area contributed by atoms with Gasteiger partial charge < -0.3 is 16.0 Å². The van der Waals surface area contributed by atoms with Crippen LogP contribution in [0.2, 0.25) is 0 Å². The van der Waals surface area contributed by atoms with Gasteiger partial charge in [-0.15, -0.1) is 12.4 Å². The lowest BCUT2D eigenvalue weighted by Crippen LogP contribution is -2.49. The van der Waals surface area contributed by atoms with E-state index < -0.39 is 0 Å². The van der Waals surface area contributed by atoms with Gasteiger partial charge in [-0.05, 0) is 31.6 Å². The zero-order chi connectivity index (χ0) is 13.5. The van der Waals surface area contributed by atoms with Crippen LogP contribution in [0.5, 0.6) is 0 Å². The number of nitrogens with two attached hydrogens (primary N) is 1. The molecule has 1 unspecified atom stereocenters. The number of carbonyl (C=O) groups excluding carboxylic acids is 2. The SMILES string of the molecule is CC(C)CC1CCCCN1C(=O)CNC(=O)CN.Cl. The van der Waals surface area contributed by atoms with Crippen LogP contribution >= 0.6 is 12.4 Å². The standard InChI is InChI=1S/C13H25N3O2.ClH/c1-10(2)7-11-5-3-4-6-16(11)13(18)9-15-12(17)8-14;/h10-11H,3-9,14H2,1-2H3,(H,15,17);1H. The summed E-state index contributed by atoms with van der Waals surface area (Å²) in [5, 5.41) is 2.55. The van der Waals surface area contributed by atoms with Crippen molar-refractivity contribution in [3.8, 4) is 0 Å². The van der Waals surface area contributed by atoms with Crippen LogP contribution < -0.4 is 11.1 Å². The number of nitrogens with one attached hydrogen (secondary N) is 1. The first-order valence-electron chi connectivity index (χ1n) is 6.80. The number of hydrogen-bond donors (Lipinski definition) is 2. The number of piperidine rings is 1. The number of amides is 2. The second kappa shape index (κ2) is 9.15. The molecule has 6 heteroatoms. The lowest BCUT2D eigenvalue weighted by molar-refractivity contribution is -0.136. The Bertz CT molecular complexity index is 298. The van der Waals surface area contributed by atoms with Gasteiger partial charge in [0.05, 0.1) is 13.1 Å². The van der Waals surface area contributed by atoms with E-state index in [4.69, 9.17) is 5.73 Å². The molecule has 1 rings (SSSR count). The summed E-state index contributed by atoms with van der Waals surface area (Å²) in [6, 6.07) is 0.334. The van der Waals surface area contributed by atoms with Crippen LogP contribution in [0.3, 0.4) is 0 Å². The van der Waals surface area contributed by atoms with Crippen LogP contribution in [0.1, 0.15) is 39.5 Å². The van der Waals surface area contributed by atoms with Crippen molar-refractivity contribution in [2.45, 2.75) is 45.6 Å². The van der Waals surface area contributed by atoms with E-state index in [1.165, 1.54) is 6.42 Å². The molecule has 0 bridgehead atoms. The van der Waals surface area contributed by atoms with E-state index in [2.05, 4.69) is 19.2 Å². The molecule has 0 spiro atoms. The highest BCUT2D eigenvalue weighted by Crippen LogP contribution is 2.22. The van der Waals surface area contributed by atoms with E-state index in [9.17, 15) is 9.59 Å². The van der Waals surface area contributed by atoms with Gasteiger partial charge in [0.1, 0.15) is 0 Å². The third-order valence-electron chi connectivity index (χ3n) is 3.31. The van der Waals surface area contributed by atoms with Crippen molar-refractivity contribution in [2.75, 3.05) is 19.6 Å². The van der Waals surface area contributed by atoms with Gasteiger partial charge in [0, 0.05) is 12.6 Å². The highest BCUT2D eigenvalue weighted by atomic mass is 35.5. The molecule has 1 fully saturated rings. The molecule has 0 radical (unpaired) electrons. The van der Waals surface area contributed by atoms with Crippen LogP contribution in [0.4, 0.5) is 0 Å². The first-order chi connectivity index (χ1) is 8.54. The van der Waals surface area contributed by atoms with Crippen LogP contribution in [-0.4, -0.2) is 42.4 Å². The molecule has 0 aromatic heterocycles. The fourth-order valence-electron chi connectivity index (χ4n) is 2.47. The monoisotopic (exact) mass is 291 g/mol. The van der Waals surface area contributed by atoms with E-state index in [1.807, 2.05) is 4.90 Å². The molecule has 19 heavy (non-hydrogen) atoms. The summed E-state index contributed by atoms with van der Waals surface area (Å²) >= 11 is 0. The van der Waals surface area contributed by atoms with Crippen molar-refractivity contribution in [1.29, 1.82) is 0 Å². The second-order valence-electron chi connectivity index (χ2n) is 5.35. The molecule has 1 aliphatic heterocycles. The molecule has 0 aliphatic carbocycles. The number of hydrogen-bond acceptors (Lipinski definition) is 3. The van der Waals surface area contributed by atoms with E-state index in [0.29, 0.717) is 12.0 Å². The molecular weight excluding hydrogens is 266 g/mol. The molecule has 1 aliphatic rings. The van der Waals surface area contributed by atoms with Gasteiger partial charge in [0.25, 0.3) is 0 Å². The predicted octanol–water partition coefficient (Wildman–Crippen LogP) is 0.910. The fourth-order valence-corrected chi connectivity index (χ4v) is 2.47. The summed E-state index contributed by atoms with van der Waals surface area (Å²) in [6.45, 7) is 5.17. The zero-order valence-corrected chi connectivity index (χ0v) is 12.7. The lowest BCUT2D eigenvalue weighted by atomic mass is 9.94. The molecule has 0 saturated carbocycles. The molecule has 5 nitrogen and oxygen atoms in total. The van der Waals surface area contributed by atoms with Crippen molar-refractivity contribution >= 4 is 24.2 Å². The smallest absolute Gasteiger partial charge is 0.242 e. The Labute approximate surface area is 121 Å². The topological polar surface area (TPSA) is 75.4 Å². The largest absolute Gasteiger partial charge is 0.346 e. The second-order valence-corrected chi connectivity index (χ2v) is 5.35. The van der Waals surface area contributed by atoms with E-state index in [-0.39, 0.29) is 37.3 Å². The van der Waals surface area contributed by atoms with Crippen molar-refractivity contribution in [3.63, 3.8) is 0 Å². The quantitative estimate of drug-likeness (QED) is 0.790. The number of carbonyl (C=O) groups is 2. The molecule has 1 atom stereocenters. The summed E-state index contributed by atoms with van der Waals surface area (Å²) in [4.78, 5) is 25.1. The van der Waals surface area contributed by atoms with Crippen LogP contribution in [0.25, 0.3) is 0 Å². The molecule has 2 amide bonds. The van der Waals surface area contributed by atoms with Gasteiger partial charge >= 0.3 is 0 Å². The van der Waals surface area contributed by atoms with Gasteiger partial charge in [0.2, 0.25) is 11.8 Å². The average Bonchev–Trinajstić information content (AvgIpc) is 2.35. The molecule has 1 heterocycles. The van der Waals surface area contributed by atoms with Gasteiger partial charge in [-0.2, -0.15) is 0 Å². The Balaban J connectivity index is 0.00000324. The third kappa shape index (κ3) is 6.25. The van der Waals surface area contributed by atoms with Crippen LogP contribution in [0.15, 0.2) is 0 Å². The minimum atomic E-state index is -0.277. The number of halogens is 1. The summed E-state index contributed by atoms with van der Waals surface area (Å²) in [7, 11) is 0. The molecular formula is C13H26ClN3O2. The maximum Gasteiger partial charge on any atom is 0.242 e. The summed E-state index contributed by atoms with van der Waals surface area (Å²) in [5.41, 5.74) is 5.19. The first-order valence-corrected chi connectivity index (χ1v) is 6.80. The maximum atomic E-state index is 12.1. The highest BCUT2D eigenvalue weighted by Gasteiger charge is 2.26. The summed E-state index contributed by atoms with van der Waals surface area (Å²) in [5.74, 6) is 0.324. The minimum absolute atomic E-state index is 0. The molecule has 0 aromatic carbocycles. The van der Waals surface area contributed by atoms with Crippen LogP contribution in [-0.2, 0) is 9.59 Å². The predicted molar refractivity (Wildman–Crippen MR) is 78.1 cm³/mol. The highest BCUT2D eigenvalue weighted by molar-refractivity contribution is 5.86. The van der Waals surface area contributed by atoms with Crippen molar-refractivity contribution in [1.82, 2.24) is 10.2 Å². The Morgan fingerprint density at radius 1 is 1.37 bits per heavy atom. The first kappa shape index (κ1) is 18.2. The van der Waals surface area contributed by atoms with Gasteiger partial charge in [-0.3, -0.25) is 9.59 Å². The van der Waals surface area contributed by atoms with Gasteiger partial charge in [-0.25, -0.2) is 0 Å². The van der Waals surface area contributed by atoms with E-state index >= 15 is 0 Å². The molecule has 1 saturated heterocycles. The molecule has 112 valence electrons. The van der Waals surface area contributed by atoms with Crippen LogP contribution in [0, 0.1) is 5.92 Å². The number of rotatable bonds is 5. The van der Waals surface area contributed by atoms with Crippen molar-refractivity contribution < 1.29 is 9.59 Å². The number of nitrogens with zero attached hydrogens (tertiary/aromatic N) is 1. The lowest BCUT2D eigenvalue weighted by Gasteiger charge is -2.37. The molecule has 0 aromatic rings. The van der Waals surface area contributed by atoms with Gasteiger partial charge in [0.15, 0.2) is 0 Å². The molecule has 3 N–H and O–H groups in total. The average molecular weight is 292 g/mol. The van der Waals surface area contributed by atoms with Crippen molar-refractivity contribution in [3.05, 3.63) is 0 Å². The minimum Gasteiger partial charge on any atom is -0.346 e. The summed E-state index contributed by atoms with van der Waals surface area (Å²) in [6.07, 6.45) is 4.37. The normalized spacial score (nSPS) is 18.9. The van der Waals surface area contributed by atoms with E-state index in [1.54, 1.807) is 0 Å². The Hall–Kier alpha value is -0.810. The Morgan fingerprint density at radius 2 is 2.05 bits per heavy atom. The summed E-state index contributed by atoms with van der Waals surface area (Å²) < 4.78 is 0. The fraction of sp³-hybridized carbons (Fsp3) is 0.846. The zero-order valence-electron chi connectivity index (χ0n) is 11.9. The third-order valence-corrected chi connectivity index (χ3v) is 3.31. The van der Waals surface area contributed by atoms with E-state index in [0.717, 1.165) is 25.8 Å². The van der Waals surface area contributed by atoms with Gasteiger partial charge in [-0.1, -0.05) is 13.8 Å². The van der Waals surface area contributed by atoms with Crippen molar-refractivity contribution in [2.24, 2.45) is 11.7 Å². The Kier molecular flexibility index (Phi) is 8.76. The maximum absolute atomic E-state index is 12.1. The number of likely N-dealkylation sites (tertiary alicyclic amines) is 1.